The van der Waals surface area contributed by atoms with Gasteiger partial charge in [-0.3, -0.25) is 0 Å². The molecule has 2 aromatic rings. The Hall–Kier alpha value is -0.480. The van der Waals surface area contributed by atoms with Gasteiger partial charge in [0.15, 0.2) is 0 Å². The molecule has 13 heavy (non-hydrogen) atoms. The molecule has 0 atom stereocenters. The lowest BCUT2D eigenvalue weighted by atomic mass is 10.2. The molecule has 0 saturated carbocycles. The number of furan rings is 1. The number of hydrogen-bond acceptors (Lipinski definition) is 1. The van der Waals surface area contributed by atoms with Crippen LogP contribution < -0.4 is 0 Å². The van der Waals surface area contributed by atoms with E-state index in [1.54, 1.807) is 6.26 Å². The van der Waals surface area contributed by atoms with E-state index in [2.05, 4.69) is 22.6 Å². The Morgan fingerprint density at radius 1 is 1.23 bits per heavy atom. The molecule has 0 spiro atoms. The fourth-order valence-corrected chi connectivity index (χ4v) is 2.07. The predicted molar refractivity (Wildman–Crippen MR) is 61.9 cm³/mol. The van der Waals surface area contributed by atoms with Crippen LogP contribution in [-0.4, -0.2) is 0 Å². The van der Waals surface area contributed by atoms with Gasteiger partial charge in [-0.15, -0.1) is 0 Å². The van der Waals surface area contributed by atoms with Gasteiger partial charge in [0.05, 0.1) is 11.3 Å². The third-order valence-corrected chi connectivity index (χ3v) is 2.70. The Balaban J connectivity index is 2.53. The Labute approximate surface area is 94.8 Å². The highest BCUT2D eigenvalue weighted by Gasteiger charge is 2.05. The molecule has 1 nitrogen and oxygen atoms in total. The first-order valence-corrected chi connectivity index (χ1v) is 5.22. The second-order valence-electron chi connectivity index (χ2n) is 2.60. The summed E-state index contributed by atoms with van der Waals surface area (Å²) in [7, 11) is 0. The quantitative estimate of drug-likeness (QED) is 0.720. The summed E-state index contributed by atoms with van der Waals surface area (Å²) < 4.78 is 6.38. The van der Waals surface area contributed by atoms with E-state index < -0.39 is 0 Å². The zero-order chi connectivity index (χ0) is 9.26. The Bertz CT molecular complexity index is 409. The van der Waals surface area contributed by atoms with E-state index in [9.17, 15) is 0 Å². The Morgan fingerprint density at radius 3 is 2.69 bits per heavy atom. The molecule has 0 N–H and O–H groups in total. The molecule has 0 saturated heterocycles. The zero-order valence-electron chi connectivity index (χ0n) is 6.63. The molecule has 0 amide bonds. The van der Waals surface area contributed by atoms with Crippen LogP contribution in [0.3, 0.4) is 0 Å². The molecule has 0 fully saturated rings. The van der Waals surface area contributed by atoms with Crippen molar-refractivity contribution in [1.29, 1.82) is 0 Å². The van der Waals surface area contributed by atoms with Gasteiger partial charge in [0.25, 0.3) is 0 Å². The minimum atomic E-state index is 0.724. The molecule has 0 aliphatic carbocycles. The predicted octanol–water partition coefficient (Wildman–Crippen LogP) is 4.20. The van der Waals surface area contributed by atoms with Crippen molar-refractivity contribution >= 4 is 34.2 Å². The lowest BCUT2D eigenvalue weighted by Crippen LogP contribution is -1.77. The van der Waals surface area contributed by atoms with Crippen LogP contribution in [0.4, 0.5) is 0 Å². The van der Waals surface area contributed by atoms with Gasteiger partial charge in [-0.25, -0.2) is 0 Å². The van der Waals surface area contributed by atoms with Crippen LogP contribution in [0.2, 0.25) is 5.02 Å². The normalized spacial score (nSPS) is 10.3. The van der Waals surface area contributed by atoms with Crippen molar-refractivity contribution in [3.05, 3.63) is 45.2 Å². The van der Waals surface area contributed by atoms with Crippen molar-refractivity contribution in [1.82, 2.24) is 0 Å². The van der Waals surface area contributed by atoms with Crippen LogP contribution in [0.5, 0.6) is 0 Å². The minimum absolute atomic E-state index is 0.724. The third-order valence-electron chi connectivity index (χ3n) is 1.72. The fourth-order valence-electron chi connectivity index (χ4n) is 1.12. The summed E-state index contributed by atoms with van der Waals surface area (Å²) in [5, 5.41) is 0.724. The molecule has 0 aliphatic heterocycles. The Kier molecular flexibility index (Phi) is 2.60. The monoisotopic (exact) mass is 304 g/mol. The van der Waals surface area contributed by atoms with Crippen LogP contribution in [0.15, 0.2) is 41.0 Å². The Morgan fingerprint density at radius 2 is 2.08 bits per heavy atom. The van der Waals surface area contributed by atoms with E-state index in [-0.39, 0.29) is 0 Å². The number of benzene rings is 1. The average molecular weight is 305 g/mol. The van der Waals surface area contributed by atoms with E-state index in [4.69, 9.17) is 16.0 Å². The highest BCUT2D eigenvalue weighted by molar-refractivity contribution is 14.1. The smallest absolute Gasteiger partial charge is 0.135 e. The molecule has 1 aromatic carbocycles. The fraction of sp³-hybridized carbons (Fsp3) is 0. The van der Waals surface area contributed by atoms with Crippen molar-refractivity contribution < 1.29 is 4.42 Å². The van der Waals surface area contributed by atoms with Crippen molar-refractivity contribution in [2.75, 3.05) is 0 Å². The van der Waals surface area contributed by atoms with Crippen LogP contribution in [0.1, 0.15) is 0 Å². The topological polar surface area (TPSA) is 13.1 Å². The summed E-state index contributed by atoms with van der Waals surface area (Å²) in [6.45, 7) is 0. The van der Waals surface area contributed by atoms with Gasteiger partial charge >= 0.3 is 0 Å². The van der Waals surface area contributed by atoms with Gasteiger partial charge in [-0.2, -0.15) is 0 Å². The molecule has 0 aliphatic rings. The summed E-state index contributed by atoms with van der Waals surface area (Å²) in [4.78, 5) is 0. The van der Waals surface area contributed by atoms with E-state index in [0.29, 0.717) is 0 Å². The molecule has 1 heterocycles. The first kappa shape index (κ1) is 9.09. The van der Waals surface area contributed by atoms with Gasteiger partial charge in [0.2, 0.25) is 0 Å². The van der Waals surface area contributed by atoms with E-state index in [1.165, 1.54) is 0 Å². The highest BCUT2D eigenvalue weighted by atomic mass is 127. The van der Waals surface area contributed by atoms with Crippen molar-refractivity contribution in [3.8, 4) is 11.3 Å². The van der Waals surface area contributed by atoms with Crippen molar-refractivity contribution in [2.24, 2.45) is 0 Å². The molecule has 0 unspecified atom stereocenters. The van der Waals surface area contributed by atoms with E-state index in [0.717, 1.165) is 19.9 Å². The van der Waals surface area contributed by atoms with Crippen LogP contribution in [-0.2, 0) is 0 Å². The SMILES string of the molecule is Clc1cc(I)ccc1-c1ccco1. The number of halogens is 2. The standard InChI is InChI=1S/C10H6ClIO/c11-9-6-7(12)3-4-8(9)10-2-1-5-13-10/h1-6H. The number of hydrogen-bond donors (Lipinski definition) is 0. The summed E-state index contributed by atoms with van der Waals surface area (Å²) in [5.41, 5.74) is 0.937. The van der Waals surface area contributed by atoms with Gasteiger partial charge in [-0.1, -0.05) is 11.6 Å². The van der Waals surface area contributed by atoms with E-state index >= 15 is 0 Å². The van der Waals surface area contributed by atoms with Gasteiger partial charge in [0.1, 0.15) is 5.76 Å². The third kappa shape index (κ3) is 1.89. The first-order valence-electron chi connectivity index (χ1n) is 3.76. The van der Waals surface area contributed by atoms with Crippen LogP contribution in [0.25, 0.3) is 11.3 Å². The average Bonchev–Trinajstić information content (AvgIpc) is 2.56. The van der Waals surface area contributed by atoms with Gasteiger partial charge < -0.3 is 4.42 Å². The summed E-state index contributed by atoms with van der Waals surface area (Å²) in [6, 6.07) is 9.63. The summed E-state index contributed by atoms with van der Waals surface area (Å²) in [6.07, 6.45) is 1.64. The lowest BCUT2D eigenvalue weighted by Gasteiger charge is -2.00. The molecule has 0 bridgehead atoms. The molecule has 3 heteroatoms. The highest BCUT2D eigenvalue weighted by Crippen LogP contribution is 2.29. The van der Waals surface area contributed by atoms with E-state index in [1.807, 2.05) is 30.3 Å². The molecule has 2 rings (SSSR count). The lowest BCUT2D eigenvalue weighted by molar-refractivity contribution is 0.582. The maximum atomic E-state index is 6.06. The van der Waals surface area contributed by atoms with Gasteiger partial charge in [0, 0.05) is 9.13 Å². The number of rotatable bonds is 1. The molecule has 0 radical (unpaired) electrons. The molecular formula is C10H6ClIO. The van der Waals surface area contributed by atoms with Crippen molar-refractivity contribution in [3.63, 3.8) is 0 Å². The second kappa shape index (κ2) is 3.72. The first-order chi connectivity index (χ1) is 6.27. The van der Waals surface area contributed by atoms with Crippen molar-refractivity contribution in [2.45, 2.75) is 0 Å². The molecule has 1 aromatic heterocycles. The largest absolute Gasteiger partial charge is 0.464 e. The zero-order valence-corrected chi connectivity index (χ0v) is 9.54. The molecule has 66 valence electrons. The minimum Gasteiger partial charge on any atom is -0.464 e. The van der Waals surface area contributed by atoms with Gasteiger partial charge in [-0.05, 0) is 52.9 Å². The second-order valence-corrected chi connectivity index (χ2v) is 4.25. The maximum Gasteiger partial charge on any atom is 0.135 e. The summed E-state index contributed by atoms with van der Waals surface area (Å²) in [5.74, 6) is 0.807. The molecular weight excluding hydrogens is 298 g/mol. The maximum absolute atomic E-state index is 6.06. The summed E-state index contributed by atoms with van der Waals surface area (Å²) >= 11 is 8.28. The van der Waals surface area contributed by atoms with Crippen LogP contribution >= 0.6 is 34.2 Å². The van der Waals surface area contributed by atoms with Crippen LogP contribution in [0, 0.1) is 3.57 Å².